The fourth-order valence-corrected chi connectivity index (χ4v) is 2.54. The lowest BCUT2D eigenvalue weighted by Crippen LogP contribution is -2.42. The van der Waals surface area contributed by atoms with Gasteiger partial charge in [0.15, 0.2) is 23.0 Å². The maximum Gasteiger partial charge on any atom is 0.284 e. The van der Waals surface area contributed by atoms with Crippen molar-refractivity contribution in [3.63, 3.8) is 0 Å². The van der Waals surface area contributed by atoms with Crippen LogP contribution in [0.3, 0.4) is 0 Å². The molecule has 4 rings (SSSR count). The van der Waals surface area contributed by atoms with Gasteiger partial charge in [-0.15, -0.1) is 0 Å². The first-order valence-corrected chi connectivity index (χ1v) is 8.07. The predicted molar refractivity (Wildman–Crippen MR) is 94.6 cm³/mol. The molecule has 0 saturated heterocycles. The molecule has 2 aliphatic heterocycles. The van der Waals surface area contributed by atoms with Crippen LogP contribution in [-0.2, 0) is 4.79 Å². The number of hydrogen-bond acceptors (Lipinski definition) is 6. The summed E-state index contributed by atoms with van der Waals surface area (Å²) in [7, 11) is 0. The number of nitrogens with one attached hydrogen (secondary N) is 1. The third-order valence-corrected chi connectivity index (χ3v) is 3.82. The van der Waals surface area contributed by atoms with Crippen molar-refractivity contribution in [3.8, 4) is 23.0 Å². The Balaban J connectivity index is 1.29. The zero-order valence-electron chi connectivity index (χ0n) is 13.8. The molecule has 2 aliphatic rings. The highest BCUT2D eigenvalue weighted by Crippen LogP contribution is 2.33. The van der Waals surface area contributed by atoms with Crippen LogP contribution < -0.4 is 24.4 Å². The molecule has 0 spiro atoms. The van der Waals surface area contributed by atoms with Gasteiger partial charge in [0.05, 0.1) is 0 Å². The Morgan fingerprint density at radius 2 is 1.85 bits per heavy atom. The second-order valence-electron chi connectivity index (χ2n) is 5.59. The van der Waals surface area contributed by atoms with Crippen LogP contribution in [0.5, 0.6) is 23.0 Å². The van der Waals surface area contributed by atoms with Gasteiger partial charge in [0.25, 0.3) is 5.91 Å². The monoisotopic (exact) mass is 352 g/mol. The van der Waals surface area contributed by atoms with E-state index >= 15 is 0 Å². The summed E-state index contributed by atoms with van der Waals surface area (Å²) >= 11 is 0. The molecule has 0 fully saturated rings. The molecular weight excluding hydrogens is 336 g/mol. The predicted octanol–water partition coefficient (Wildman–Crippen LogP) is 2.37. The smallest absolute Gasteiger partial charge is 0.284 e. The summed E-state index contributed by atoms with van der Waals surface area (Å²) in [5, 5.41) is 3.89. The van der Waals surface area contributed by atoms with E-state index in [0.29, 0.717) is 17.2 Å². The zero-order chi connectivity index (χ0) is 17.8. The number of hydrogen-bond donors (Lipinski definition) is 1. The molecule has 2 aromatic rings. The van der Waals surface area contributed by atoms with Crippen LogP contribution in [0, 0.1) is 0 Å². The van der Waals surface area contributed by atoms with E-state index in [0.717, 1.165) is 11.3 Å². The van der Waals surface area contributed by atoms with Gasteiger partial charge in [0.1, 0.15) is 6.61 Å². The third-order valence-electron chi connectivity index (χ3n) is 3.82. The summed E-state index contributed by atoms with van der Waals surface area (Å²) in [5.74, 6) is 2.26. The Morgan fingerprint density at radius 3 is 2.77 bits per heavy atom. The van der Waals surface area contributed by atoms with Gasteiger partial charge in [-0.2, -0.15) is 5.10 Å². The highest BCUT2D eigenvalue weighted by molar-refractivity contribution is 5.84. The summed E-state index contributed by atoms with van der Waals surface area (Å²) < 4.78 is 21.7. The van der Waals surface area contributed by atoms with E-state index in [2.05, 4.69) is 10.5 Å². The minimum absolute atomic E-state index is 0.144. The summed E-state index contributed by atoms with van der Waals surface area (Å²) in [6, 6.07) is 12.8. The Hall–Kier alpha value is -3.48. The fourth-order valence-electron chi connectivity index (χ4n) is 2.54. The third kappa shape index (κ3) is 3.46. The van der Waals surface area contributed by atoms with Gasteiger partial charge in [0, 0.05) is 6.21 Å². The first-order valence-electron chi connectivity index (χ1n) is 8.07. The molecule has 2 heterocycles. The molecule has 0 aliphatic carbocycles. The lowest BCUT2D eigenvalue weighted by Gasteiger charge is -2.24. The minimum Gasteiger partial charge on any atom is -0.485 e. The summed E-state index contributed by atoms with van der Waals surface area (Å²) in [4.78, 5) is 12.1. The van der Waals surface area contributed by atoms with Crippen molar-refractivity contribution < 1.29 is 23.7 Å². The van der Waals surface area contributed by atoms with Crippen molar-refractivity contribution in [2.75, 3.05) is 13.4 Å². The van der Waals surface area contributed by atoms with Crippen LogP contribution in [0.1, 0.15) is 5.56 Å². The topological polar surface area (TPSA) is 78.4 Å². The second kappa shape index (κ2) is 7.18. The molecule has 1 amide bonds. The number of ether oxygens (including phenoxy) is 4. The number of nitrogens with zero attached hydrogens (tertiary/aromatic N) is 1. The van der Waals surface area contributed by atoms with Gasteiger partial charge in [-0.05, 0) is 35.9 Å². The largest absolute Gasteiger partial charge is 0.485 e. The second-order valence-corrected chi connectivity index (χ2v) is 5.59. The fraction of sp³-hybridized carbons (Fsp3) is 0.158. The molecule has 0 radical (unpaired) electrons. The molecule has 1 N–H and O–H groups in total. The Labute approximate surface area is 149 Å². The van der Waals surface area contributed by atoms with Gasteiger partial charge in [-0.1, -0.05) is 24.3 Å². The van der Waals surface area contributed by atoms with Crippen LogP contribution >= 0.6 is 0 Å². The van der Waals surface area contributed by atoms with E-state index in [9.17, 15) is 4.79 Å². The molecule has 132 valence electrons. The average Bonchev–Trinajstić information content (AvgIpc) is 3.15. The van der Waals surface area contributed by atoms with Gasteiger partial charge in [0.2, 0.25) is 12.9 Å². The normalized spacial score (nSPS) is 17.6. The van der Waals surface area contributed by atoms with Gasteiger partial charge in [-0.25, -0.2) is 5.43 Å². The maximum atomic E-state index is 12.1. The number of hydrazone groups is 1. The average molecular weight is 352 g/mol. The van der Waals surface area contributed by atoms with Crippen molar-refractivity contribution in [3.05, 3.63) is 54.1 Å². The Kier molecular flexibility index (Phi) is 4.42. The van der Waals surface area contributed by atoms with E-state index in [4.69, 9.17) is 18.9 Å². The summed E-state index contributed by atoms with van der Waals surface area (Å²) in [6.45, 7) is 0.388. The number of amides is 1. The van der Waals surface area contributed by atoms with Crippen LogP contribution in [0.4, 0.5) is 0 Å². The molecule has 26 heavy (non-hydrogen) atoms. The van der Waals surface area contributed by atoms with Crippen molar-refractivity contribution in [1.82, 2.24) is 5.43 Å². The zero-order valence-corrected chi connectivity index (χ0v) is 13.8. The molecule has 1 atom stereocenters. The Morgan fingerprint density at radius 1 is 1.04 bits per heavy atom. The van der Waals surface area contributed by atoms with Crippen LogP contribution in [-0.4, -0.2) is 31.6 Å². The molecular formula is C19H16N2O5. The van der Waals surface area contributed by atoms with Crippen LogP contribution in [0.2, 0.25) is 0 Å². The number of rotatable bonds is 4. The van der Waals surface area contributed by atoms with Crippen molar-refractivity contribution >= 4 is 18.2 Å². The van der Waals surface area contributed by atoms with Crippen molar-refractivity contribution in [2.45, 2.75) is 6.10 Å². The highest BCUT2D eigenvalue weighted by Gasteiger charge is 2.26. The molecule has 7 heteroatoms. The van der Waals surface area contributed by atoms with Gasteiger partial charge in [-0.3, -0.25) is 4.79 Å². The molecule has 0 aromatic heterocycles. The van der Waals surface area contributed by atoms with E-state index in [-0.39, 0.29) is 19.3 Å². The lowest BCUT2D eigenvalue weighted by molar-refractivity contribution is -0.130. The Bertz CT molecular complexity index is 878. The summed E-state index contributed by atoms with van der Waals surface area (Å²) in [5.41, 5.74) is 3.38. The number of benzene rings is 2. The van der Waals surface area contributed by atoms with Gasteiger partial charge >= 0.3 is 0 Å². The van der Waals surface area contributed by atoms with E-state index in [1.807, 2.05) is 36.4 Å². The SMILES string of the molecule is O=C(NN=C/C=C/c1ccc2c(c1)OCO2)C1COc2ccccc2O1. The minimum atomic E-state index is -0.736. The number of fused-ring (bicyclic) bond motifs is 2. The van der Waals surface area contributed by atoms with E-state index in [1.54, 1.807) is 18.2 Å². The first kappa shape index (κ1) is 16.0. The number of carbonyl (C=O) groups excluding carboxylic acids is 1. The molecule has 0 bridgehead atoms. The number of para-hydroxylation sites is 2. The molecule has 2 aromatic carbocycles. The highest BCUT2D eigenvalue weighted by atomic mass is 16.7. The maximum absolute atomic E-state index is 12.1. The van der Waals surface area contributed by atoms with E-state index in [1.165, 1.54) is 6.21 Å². The quantitative estimate of drug-likeness (QED) is 0.675. The van der Waals surface area contributed by atoms with Crippen molar-refractivity contribution in [2.24, 2.45) is 5.10 Å². The van der Waals surface area contributed by atoms with Crippen LogP contribution in [0.15, 0.2) is 53.6 Å². The standard InChI is InChI=1S/C19H16N2O5/c22-19(18-11-23-14-5-1-2-6-16(14)26-18)21-20-9-3-4-13-7-8-15-17(10-13)25-12-24-15/h1-10,18H,11-12H2,(H,21,22)/b4-3+,20-9?. The van der Waals surface area contributed by atoms with E-state index < -0.39 is 6.10 Å². The molecule has 0 saturated carbocycles. The number of allylic oxidation sites excluding steroid dienone is 1. The lowest BCUT2D eigenvalue weighted by atomic mass is 10.2. The molecule has 7 nitrogen and oxygen atoms in total. The van der Waals surface area contributed by atoms with Crippen molar-refractivity contribution in [1.29, 1.82) is 0 Å². The van der Waals surface area contributed by atoms with Crippen LogP contribution in [0.25, 0.3) is 6.08 Å². The first-order chi connectivity index (χ1) is 12.8. The summed E-state index contributed by atoms with van der Waals surface area (Å²) in [6.07, 6.45) is 4.30. The van der Waals surface area contributed by atoms with Gasteiger partial charge < -0.3 is 18.9 Å². The molecule has 1 unspecified atom stereocenters. The number of carbonyl (C=O) groups is 1.